The predicted molar refractivity (Wildman–Crippen MR) is 130 cm³/mol. The molecule has 0 bridgehead atoms. The second-order valence-electron chi connectivity index (χ2n) is 7.39. The third-order valence-electron chi connectivity index (χ3n) is 5.00. The molecule has 0 saturated heterocycles. The summed E-state index contributed by atoms with van der Waals surface area (Å²) in [6.07, 6.45) is 0. The van der Waals surface area contributed by atoms with Crippen molar-refractivity contribution in [3.63, 3.8) is 0 Å². The SMILES string of the molecule is COCCN(CC(=O)N(Cc1ccccc1)Cc1cccs1)C(=O)Nc1cccc(OC)c1. The Balaban J connectivity index is 1.73. The number of benzene rings is 2. The molecule has 33 heavy (non-hydrogen) atoms. The summed E-state index contributed by atoms with van der Waals surface area (Å²) >= 11 is 1.60. The van der Waals surface area contributed by atoms with E-state index < -0.39 is 0 Å². The summed E-state index contributed by atoms with van der Waals surface area (Å²) in [7, 11) is 3.14. The monoisotopic (exact) mass is 467 g/mol. The molecule has 0 radical (unpaired) electrons. The van der Waals surface area contributed by atoms with Crippen molar-refractivity contribution in [3.8, 4) is 5.75 Å². The molecule has 174 valence electrons. The van der Waals surface area contributed by atoms with Crippen molar-refractivity contribution in [2.75, 3.05) is 39.2 Å². The molecule has 8 heteroatoms. The topological polar surface area (TPSA) is 71.1 Å². The van der Waals surface area contributed by atoms with Crippen molar-refractivity contribution in [1.82, 2.24) is 9.80 Å². The van der Waals surface area contributed by atoms with Crippen LogP contribution in [0.3, 0.4) is 0 Å². The maximum atomic E-state index is 13.4. The van der Waals surface area contributed by atoms with E-state index in [2.05, 4.69) is 5.32 Å². The molecule has 0 fully saturated rings. The summed E-state index contributed by atoms with van der Waals surface area (Å²) in [6, 6.07) is 20.5. The minimum absolute atomic E-state index is 0.0582. The molecule has 1 heterocycles. The molecule has 0 aliphatic heterocycles. The molecule has 3 amide bonds. The van der Waals surface area contributed by atoms with E-state index in [0.29, 0.717) is 31.1 Å². The van der Waals surface area contributed by atoms with Gasteiger partial charge in [0.15, 0.2) is 0 Å². The normalized spacial score (nSPS) is 10.5. The van der Waals surface area contributed by atoms with Gasteiger partial charge in [-0.05, 0) is 29.1 Å². The van der Waals surface area contributed by atoms with E-state index in [9.17, 15) is 9.59 Å². The lowest BCUT2D eigenvalue weighted by molar-refractivity contribution is -0.133. The van der Waals surface area contributed by atoms with Gasteiger partial charge < -0.3 is 24.6 Å². The second kappa shape index (κ2) is 12.6. The van der Waals surface area contributed by atoms with Gasteiger partial charge in [-0.15, -0.1) is 11.3 Å². The van der Waals surface area contributed by atoms with Gasteiger partial charge in [0.25, 0.3) is 0 Å². The molecule has 1 N–H and O–H groups in total. The van der Waals surface area contributed by atoms with E-state index in [1.807, 2.05) is 47.8 Å². The zero-order valence-corrected chi connectivity index (χ0v) is 19.7. The highest BCUT2D eigenvalue weighted by molar-refractivity contribution is 7.09. The standard InChI is InChI=1S/C25H29N3O4S/c1-31-14-13-27(25(30)26-21-10-6-11-22(16-21)32-2)19-24(29)28(18-23-12-7-15-33-23)17-20-8-4-3-5-9-20/h3-12,15-16H,13-14,17-19H2,1-2H3,(H,26,30). The maximum absolute atomic E-state index is 13.4. The molecule has 2 aromatic carbocycles. The number of nitrogens with one attached hydrogen (secondary N) is 1. The van der Waals surface area contributed by atoms with Crippen LogP contribution in [0.25, 0.3) is 0 Å². The first-order valence-electron chi connectivity index (χ1n) is 10.6. The zero-order valence-electron chi connectivity index (χ0n) is 18.9. The summed E-state index contributed by atoms with van der Waals surface area (Å²) in [5.41, 5.74) is 1.63. The van der Waals surface area contributed by atoms with Crippen molar-refractivity contribution in [2.24, 2.45) is 0 Å². The highest BCUT2D eigenvalue weighted by Crippen LogP contribution is 2.18. The van der Waals surface area contributed by atoms with Crippen molar-refractivity contribution >= 4 is 29.0 Å². The number of carbonyl (C=O) groups excluding carboxylic acids is 2. The van der Waals surface area contributed by atoms with Gasteiger partial charge in [-0.25, -0.2) is 4.79 Å². The number of anilines is 1. The maximum Gasteiger partial charge on any atom is 0.322 e. The molecule has 0 aliphatic carbocycles. The molecule has 0 unspecified atom stereocenters. The van der Waals surface area contributed by atoms with Crippen LogP contribution in [0.5, 0.6) is 5.75 Å². The van der Waals surface area contributed by atoms with E-state index in [0.717, 1.165) is 10.4 Å². The van der Waals surface area contributed by atoms with Gasteiger partial charge in [-0.3, -0.25) is 4.79 Å². The fourth-order valence-electron chi connectivity index (χ4n) is 3.25. The average molecular weight is 468 g/mol. The molecule has 0 saturated carbocycles. The number of nitrogens with zero attached hydrogens (tertiary/aromatic N) is 2. The molecule has 3 rings (SSSR count). The van der Waals surface area contributed by atoms with Gasteiger partial charge in [-0.2, -0.15) is 0 Å². The molecular weight excluding hydrogens is 438 g/mol. The van der Waals surface area contributed by atoms with E-state index in [4.69, 9.17) is 9.47 Å². The van der Waals surface area contributed by atoms with Gasteiger partial charge in [0.2, 0.25) is 5.91 Å². The first kappa shape index (κ1) is 24.3. The first-order valence-corrected chi connectivity index (χ1v) is 11.5. The lowest BCUT2D eigenvalue weighted by atomic mass is 10.2. The zero-order chi connectivity index (χ0) is 23.5. The molecule has 0 atom stereocenters. The Hall–Kier alpha value is -3.36. The summed E-state index contributed by atoms with van der Waals surface area (Å²) in [4.78, 5) is 30.7. The van der Waals surface area contributed by atoms with Gasteiger partial charge in [0.1, 0.15) is 12.3 Å². The van der Waals surface area contributed by atoms with E-state index >= 15 is 0 Å². The Morgan fingerprint density at radius 3 is 2.45 bits per heavy atom. The fraction of sp³-hybridized carbons (Fsp3) is 0.280. The number of ether oxygens (including phenoxy) is 2. The largest absolute Gasteiger partial charge is 0.497 e. The van der Waals surface area contributed by atoms with Crippen LogP contribution in [0, 0.1) is 0 Å². The summed E-state index contributed by atoms with van der Waals surface area (Å²) < 4.78 is 10.4. The third-order valence-corrected chi connectivity index (χ3v) is 5.86. The van der Waals surface area contributed by atoms with Crippen molar-refractivity contribution in [3.05, 3.63) is 82.6 Å². The van der Waals surface area contributed by atoms with E-state index in [-0.39, 0.29) is 25.0 Å². The van der Waals surface area contributed by atoms with Crippen LogP contribution in [-0.2, 0) is 22.6 Å². The molecule has 0 spiro atoms. The van der Waals surface area contributed by atoms with E-state index in [1.165, 1.54) is 4.90 Å². The van der Waals surface area contributed by atoms with Crippen molar-refractivity contribution in [1.29, 1.82) is 0 Å². The lowest BCUT2D eigenvalue weighted by Crippen LogP contribution is -2.45. The van der Waals surface area contributed by atoms with Gasteiger partial charge >= 0.3 is 6.03 Å². The Labute approximate surface area is 198 Å². The fourth-order valence-corrected chi connectivity index (χ4v) is 3.97. The highest BCUT2D eigenvalue weighted by atomic mass is 32.1. The van der Waals surface area contributed by atoms with Crippen LogP contribution < -0.4 is 10.1 Å². The minimum Gasteiger partial charge on any atom is -0.497 e. The predicted octanol–water partition coefficient (Wildman–Crippen LogP) is 4.47. The van der Waals surface area contributed by atoms with Crippen LogP contribution in [0.15, 0.2) is 72.1 Å². The van der Waals surface area contributed by atoms with E-state index in [1.54, 1.807) is 54.7 Å². The lowest BCUT2D eigenvalue weighted by Gasteiger charge is -2.27. The smallest absolute Gasteiger partial charge is 0.322 e. The number of carbonyl (C=O) groups is 2. The first-order chi connectivity index (χ1) is 16.1. The quantitative estimate of drug-likeness (QED) is 0.452. The Morgan fingerprint density at radius 1 is 0.939 bits per heavy atom. The Morgan fingerprint density at radius 2 is 1.76 bits per heavy atom. The van der Waals surface area contributed by atoms with Crippen molar-refractivity contribution in [2.45, 2.75) is 13.1 Å². The number of thiophene rings is 1. The van der Waals surface area contributed by atoms with Crippen LogP contribution in [0.4, 0.5) is 10.5 Å². The number of hydrogen-bond acceptors (Lipinski definition) is 5. The number of urea groups is 1. The minimum atomic E-state index is -0.371. The van der Waals surface area contributed by atoms with Crippen LogP contribution >= 0.6 is 11.3 Å². The number of rotatable bonds is 11. The van der Waals surface area contributed by atoms with Crippen molar-refractivity contribution < 1.29 is 19.1 Å². The molecule has 0 aliphatic rings. The Kier molecular flexibility index (Phi) is 9.29. The molecule has 7 nitrogen and oxygen atoms in total. The summed E-state index contributed by atoms with van der Waals surface area (Å²) in [5.74, 6) is 0.501. The molecule has 1 aromatic heterocycles. The third kappa shape index (κ3) is 7.62. The summed E-state index contributed by atoms with van der Waals surface area (Å²) in [5, 5.41) is 4.84. The highest BCUT2D eigenvalue weighted by Gasteiger charge is 2.22. The number of amides is 3. The van der Waals surface area contributed by atoms with Gasteiger partial charge in [-0.1, -0.05) is 42.5 Å². The van der Waals surface area contributed by atoms with Crippen LogP contribution in [0.1, 0.15) is 10.4 Å². The van der Waals surface area contributed by atoms with Gasteiger partial charge in [0, 0.05) is 36.8 Å². The van der Waals surface area contributed by atoms with Crippen LogP contribution in [0.2, 0.25) is 0 Å². The number of methoxy groups -OCH3 is 2. The van der Waals surface area contributed by atoms with Gasteiger partial charge in [0.05, 0.1) is 20.3 Å². The Bertz CT molecular complexity index is 1010. The summed E-state index contributed by atoms with van der Waals surface area (Å²) in [6.45, 7) is 1.50. The van der Waals surface area contributed by atoms with Crippen LogP contribution in [-0.4, -0.2) is 55.7 Å². The second-order valence-corrected chi connectivity index (χ2v) is 8.42. The molecule has 3 aromatic rings. The number of hydrogen-bond donors (Lipinski definition) is 1. The molecular formula is C25H29N3O4S. The average Bonchev–Trinajstić information content (AvgIpc) is 3.35.